The quantitative estimate of drug-likeness (QED) is 0.752. The largest absolute Gasteiger partial charge is 0.493 e. The third-order valence-electron chi connectivity index (χ3n) is 2.86. The van der Waals surface area contributed by atoms with Crippen molar-refractivity contribution in [2.75, 3.05) is 41.4 Å². The van der Waals surface area contributed by atoms with E-state index in [-0.39, 0.29) is 6.03 Å². The smallest absolute Gasteiger partial charge is 0.316 e. The zero-order chi connectivity index (χ0) is 15.8. The Morgan fingerprint density at radius 1 is 1.24 bits per heavy atom. The molecule has 118 valence electrons. The zero-order valence-corrected chi connectivity index (χ0v) is 13.6. The number of carbonyl (C=O) groups excluding carboxylic acids is 1. The highest BCUT2D eigenvalue weighted by molar-refractivity contribution is 6.33. The van der Waals surface area contributed by atoms with Gasteiger partial charge in [-0.15, -0.1) is 0 Å². The van der Waals surface area contributed by atoms with E-state index in [1.165, 1.54) is 4.90 Å². The van der Waals surface area contributed by atoms with E-state index in [4.69, 9.17) is 21.1 Å². The lowest BCUT2D eigenvalue weighted by Crippen LogP contribution is -2.38. The van der Waals surface area contributed by atoms with Crippen LogP contribution in [0.5, 0.6) is 11.5 Å². The van der Waals surface area contributed by atoms with Crippen LogP contribution in [0, 0.1) is 0 Å². The standard InChI is InChI=1S/C14H22ClN3O3/c1-18(2)14(19)17-8-7-16-9-10-5-6-11(20-3)13(21-4)12(10)15/h5-6,16H,7-9H2,1-4H3,(H,17,19). The Bertz CT molecular complexity index is 481. The van der Waals surface area contributed by atoms with Crippen LogP contribution in [0.2, 0.25) is 5.02 Å². The molecule has 0 fully saturated rings. The number of halogens is 1. The molecule has 6 nitrogen and oxygen atoms in total. The van der Waals surface area contributed by atoms with Crippen molar-refractivity contribution in [1.82, 2.24) is 15.5 Å². The number of ether oxygens (including phenoxy) is 2. The van der Waals surface area contributed by atoms with Crippen LogP contribution in [0.3, 0.4) is 0 Å². The minimum atomic E-state index is -0.110. The summed E-state index contributed by atoms with van der Waals surface area (Å²) in [6, 6.07) is 3.59. The van der Waals surface area contributed by atoms with Crippen molar-refractivity contribution in [2.24, 2.45) is 0 Å². The maximum absolute atomic E-state index is 11.3. The van der Waals surface area contributed by atoms with Gasteiger partial charge in [-0.1, -0.05) is 17.7 Å². The number of carbonyl (C=O) groups is 1. The molecule has 0 aromatic heterocycles. The molecule has 0 radical (unpaired) electrons. The maximum Gasteiger partial charge on any atom is 0.316 e. The lowest BCUT2D eigenvalue weighted by Gasteiger charge is -2.14. The van der Waals surface area contributed by atoms with Crippen molar-refractivity contribution < 1.29 is 14.3 Å². The van der Waals surface area contributed by atoms with Crippen molar-refractivity contribution in [3.63, 3.8) is 0 Å². The highest BCUT2D eigenvalue weighted by atomic mass is 35.5. The van der Waals surface area contributed by atoms with Gasteiger partial charge in [0.25, 0.3) is 0 Å². The lowest BCUT2D eigenvalue weighted by molar-refractivity contribution is 0.217. The molecule has 0 aliphatic carbocycles. The Balaban J connectivity index is 2.48. The number of rotatable bonds is 7. The van der Waals surface area contributed by atoms with Crippen LogP contribution >= 0.6 is 11.6 Å². The molecular weight excluding hydrogens is 294 g/mol. The third kappa shape index (κ3) is 4.99. The zero-order valence-electron chi connectivity index (χ0n) is 12.8. The van der Waals surface area contributed by atoms with Crippen molar-refractivity contribution in [3.8, 4) is 11.5 Å². The molecule has 0 heterocycles. The topological polar surface area (TPSA) is 62.8 Å². The fourth-order valence-corrected chi connectivity index (χ4v) is 2.01. The molecule has 2 amide bonds. The first-order chi connectivity index (χ1) is 10.0. The first kappa shape index (κ1) is 17.4. The van der Waals surface area contributed by atoms with Crippen molar-refractivity contribution in [3.05, 3.63) is 22.7 Å². The number of benzene rings is 1. The molecule has 2 N–H and O–H groups in total. The number of hydrogen-bond acceptors (Lipinski definition) is 4. The number of amides is 2. The third-order valence-corrected chi connectivity index (χ3v) is 3.28. The van der Waals surface area contributed by atoms with Crippen molar-refractivity contribution in [1.29, 1.82) is 0 Å². The first-order valence-electron chi connectivity index (χ1n) is 6.56. The molecule has 0 aliphatic heterocycles. The number of urea groups is 1. The van der Waals surface area contributed by atoms with Crippen molar-refractivity contribution in [2.45, 2.75) is 6.54 Å². The molecule has 21 heavy (non-hydrogen) atoms. The summed E-state index contributed by atoms with van der Waals surface area (Å²) in [5, 5.41) is 6.51. The monoisotopic (exact) mass is 315 g/mol. The normalized spacial score (nSPS) is 10.1. The van der Waals surface area contributed by atoms with Gasteiger partial charge in [0.1, 0.15) is 0 Å². The summed E-state index contributed by atoms with van der Waals surface area (Å²) >= 11 is 6.28. The van der Waals surface area contributed by atoms with E-state index >= 15 is 0 Å². The Labute approximate surface area is 130 Å². The van der Waals surface area contributed by atoms with E-state index in [1.807, 2.05) is 12.1 Å². The van der Waals surface area contributed by atoms with Crippen LogP contribution in [-0.4, -0.2) is 52.3 Å². The number of nitrogens with one attached hydrogen (secondary N) is 2. The Kier molecular flexibility index (Phi) is 7.11. The van der Waals surface area contributed by atoms with Crippen LogP contribution in [0.25, 0.3) is 0 Å². The van der Waals surface area contributed by atoms with Crippen LogP contribution in [-0.2, 0) is 6.54 Å². The summed E-state index contributed by atoms with van der Waals surface area (Å²) in [6.07, 6.45) is 0. The summed E-state index contributed by atoms with van der Waals surface area (Å²) in [5.41, 5.74) is 0.910. The second-order valence-corrected chi connectivity index (χ2v) is 4.96. The Morgan fingerprint density at radius 3 is 2.52 bits per heavy atom. The van der Waals surface area contributed by atoms with Gasteiger partial charge in [0.2, 0.25) is 0 Å². The number of methoxy groups -OCH3 is 2. The molecule has 0 spiro atoms. The fraction of sp³-hybridized carbons (Fsp3) is 0.500. The summed E-state index contributed by atoms with van der Waals surface area (Å²) in [4.78, 5) is 12.8. The summed E-state index contributed by atoms with van der Waals surface area (Å²) in [5.74, 6) is 1.13. The van der Waals surface area contributed by atoms with Gasteiger partial charge in [0.15, 0.2) is 11.5 Å². The average Bonchev–Trinajstić information content (AvgIpc) is 2.47. The van der Waals surface area contributed by atoms with Crippen LogP contribution < -0.4 is 20.1 Å². The lowest BCUT2D eigenvalue weighted by atomic mass is 10.2. The molecule has 0 unspecified atom stereocenters. The van der Waals surface area contributed by atoms with E-state index in [1.54, 1.807) is 28.3 Å². The predicted octanol–water partition coefficient (Wildman–Crippen LogP) is 1.72. The SMILES string of the molecule is COc1ccc(CNCCNC(=O)N(C)C)c(Cl)c1OC. The van der Waals surface area contributed by atoms with Crippen LogP contribution in [0.15, 0.2) is 12.1 Å². The molecule has 0 atom stereocenters. The molecule has 1 aromatic carbocycles. The van der Waals surface area contributed by atoms with Crippen LogP contribution in [0.1, 0.15) is 5.56 Å². The number of nitrogens with zero attached hydrogens (tertiary/aromatic N) is 1. The van der Waals surface area contributed by atoms with Gasteiger partial charge >= 0.3 is 6.03 Å². The fourth-order valence-electron chi connectivity index (χ4n) is 1.71. The number of hydrogen-bond donors (Lipinski definition) is 2. The second-order valence-electron chi connectivity index (χ2n) is 4.58. The minimum Gasteiger partial charge on any atom is -0.493 e. The van der Waals surface area contributed by atoms with Crippen molar-refractivity contribution >= 4 is 17.6 Å². The van der Waals surface area contributed by atoms with Gasteiger partial charge < -0.3 is 25.0 Å². The molecule has 0 saturated carbocycles. The summed E-state index contributed by atoms with van der Waals surface area (Å²) < 4.78 is 10.4. The second kappa shape index (κ2) is 8.59. The minimum absolute atomic E-state index is 0.110. The summed E-state index contributed by atoms with van der Waals surface area (Å²) in [7, 11) is 6.52. The highest BCUT2D eigenvalue weighted by Gasteiger charge is 2.12. The molecule has 1 rings (SSSR count). The van der Waals surface area contributed by atoms with E-state index in [2.05, 4.69) is 10.6 Å². The van der Waals surface area contributed by atoms with Gasteiger partial charge in [0, 0.05) is 33.7 Å². The first-order valence-corrected chi connectivity index (χ1v) is 6.94. The molecule has 0 bridgehead atoms. The Morgan fingerprint density at radius 2 is 1.95 bits per heavy atom. The van der Waals surface area contributed by atoms with Gasteiger partial charge in [-0.05, 0) is 11.6 Å². The molecule has 0 saturated heterocycles. The van der Waals surface area contributed by atoms with Crippen LogP contribution in [0.4, 0.5) is 4.79 Å². The van der Waals surface area contributed by atoms with Gasteiger partial charge in [-0.3, -0.25) is 0 Å². The van der Waals surface area contributed by atoms with Gasteiger partial charge in [0.05, 0.1) is 19.2 Å². The summed E-state index contributed by atoms with van der Waals surface area (Å²) in [6.45, 7) is 1.77. The van der Waals surface area contributed by atoms with E-state index in [0.717, 1.165) is 5.56 Å². The predicted molar refractivity (Wildman–Crippen MR) is 83.3 cm³/mol. The molecule has 7 heteroatoms. The Hall–Kier alpha value is -1.66. The molecule has 1 aromatic rings. The van der Waals surface area contributed by atoms with E-state index in [0.29, 0.717) is 36.2 Å². The highest BCUT2D eigenvalue weighted by Crippen LogP contribution is 2.37. The van der Waals surface area contributed by atoms with Gasteiger partial charge in [-0.25, -0.2) is 4.79 Å². The maximum atomic E-state index is 11.3. The van der Waals surface area contributed by atoms with E-state index in [9.17, 15) is 4.79 Å². The molecular formula is C14H22ClN3O3. The van der Waals surface area contributed by atoms with Gasteiger partial charge in [-0.2, -0.15) is 0 Å². The average molecular weight is 316 g/mol. The molecule has 0 aliphatic rings. The van der Waals surface area contributed by atoms with E-state index < -0.39 is 0 Å².